The normalized spacial score (nSPS) is 9.18. The molecule has 0 aliphatic rings. The maximum absolute atomic E-state index is 12.2. The minimum atomic E-state index is -0.578. The van der Waals surface area contributed by atoms with Crippen LogP contribution in [0, 0.1) is 11.3 Å². The highest BCUT2D eigenvalue weighted by Crippen LogP contribution is 2.08. The highest BCUT2D eigenvalue weighted by Gasteiger charge is 1.99. The van der Waals surface area contributed by atoms with Crippen molar-refractivity contribution in [2.75, 3.05) is 0 Å². The van der Waals surface area contributed by atoms with Crippen molar-refractivity contribution in [1.29, 1.82) is 5.26 Å². The molecule has 1 unspecified atom stereocenters. The Hall–Kier alpha value is -0.930. The lowest BCUT2D eigenvalue weighted by Crippen LogP contribution is -1.95. The summed E-state index contributed by atoms with van der Waals surface area (Å²) in [7, 11) is 2.46. The molecule has 0 N–H and O–H groups in total. The van der Waals surface area contributed by atoms with E-state index in [1.807, 2.05) is 6.07 Å². The van der Waals surface area contributed by atoms with Crippen LogP contribution in [0.5, 0.6) is 0 Å². The second-order valence-corrected chi connectivity index (χ2v) is 2.83. The number of nitriles is 1. The van der Waals surface area contributed by atoms with Gasteiger partial charge in [-0.1, -0.05) is 6.07 Å². The summed E-state index contributed by atoms with van der Waals surface area (Å²) in [5.74, 6) is 0. The van der Waals surface area contributed by atoms with Crippen LogP contribution in [0.4, 0.5) is 4.39 Å². The third-order valence-corrected chi connectivity index (χ3v) is 1.75. The zero-order chi connectivity index (χ0) is 8.27. The average Bonchev–Trinajstić information content (AvgIpc) is 2.04. The van der Waals surface area contributed by atoms with Crippen molar-refractivity contribution in [3.63, 3.8) is 0 Å². The quantitative estimate of drug-likeness (QED) is 0.582. The van der Waals surface area contributed by atoms with E-state index in [0.717, 1.165) is 5.30 Å². The van der Waals surface area contributed by atoms with Gasteiger partial charge in [0.25, 0.3) is 0 Å². The Bertz CT molecular complexity index is 303. The summed E-state index contributed by atoms with van der Waals surface area (Å²) in [6, 6.07) is 6.97. The van der Waals surface area contributed by atoms with Gasteiger partial charge in [-0.05, 0) is 17.4 Å². The van der Waals surface area contributed by atoms with Crippen LogP contribution >= 0.6 is 9.24 Å². The van der Waals surface area contributed by atoms with Crippen molar-refractivity contribution in [1.82, 2.24) is 0 Å². The largest absolute Gasteiger partial charge is 0.246 e. The third-order valence-electron chi connectivity index (χ3n) is 1.39. The highest BCUT2D eigenvalue weighted by molar-refractivity contribution is 7.27. The minimum Gasteiger partial charge on any atom is -0.246 e. The lowest BCUT2D eigenvalue weighted by Gasteiger charge is -1.98. The Labute approximate surface area is 67.0 Å². The standard InChI is InChI=1S/C8H7FNP/c9-4-7-3-8(11)2-1-6(7)5-10/h1-3H,4,11H2. The first-order valence-electron chi connectivity index (χ1n) is 3.12. The Morgan fingerprint density at radius 1 is 1.55 bits per heavy atom. The van der Waals surface area contributed by atoms with E-state index in [1.54, 1.807) is 18.2 Å². The molecule has 1 aromatic carbocycles. The molecule has 0 fully saturated rings. The van der Waals surface area contributed by atoms with E-state index in [-0.39, 0.29) is 0 Å². The molecule has 0 bridgehead atoms. The number of halogens is 1. The molecule has 0 spiro atoms. The fraction of sp³-hybridized carbons (Fsp3) is 0.125. The molecule has 11 heavy (non-hydrogen) atoms. The molecule has 1 aromatic rings. The summed E-state index contributed by atoms with van der Waals surface area (Å²) in [6.07, 6.45) is 0. The molecule has 1 nitrogen and oxygen atoms in total. The van der Waals surface area contributed by atoms with Gasteiger partial charge in [0.05, 0.1) is 11.6 Å². The van der Waals surface area contributed by atoms with Gasteiger partial charge in [-0.15, -0.1) is 9.24 Å². The minimum absolute atomic E-state index is 0.415. The topological polar surface area (TPSA) is 23.8 Å². The molecule has 0 saturated heterocycles. The molecular formula is C8H7FNP. The van der Waals surface area contributed by atoms with Crippen molar-refractivity contribution >= 4 is 14.5 Å². The van der Waals surface area contributed by atoms with E-state index < -0.39 is 6.67 Å². The lowest BCUT2D eigenvalue weighted by molar-refractivity contribution is 0.485. The van der Waals surface area contributed by atoms with E-state index in [4.69, 9.17) is 5.26 Å². The maximum Gasteiger partial charge on any atom is 0.116 e. The Morgan fingerprint density at radius 2 is 2.27 bits per heavy atom. The number of benzene rings is 1. The van der Waals surface area contributed by atoms with Crippen LogP contribution in [0.15, 0.2) is 18.2 Å². The van der Waals surface area contributed by atoms with Gasteiger partial charge in [0.1, 0.15) is 6.67 Å². The second kappa shape index (κ2) is 3.46. The van der Waals surface area contributed by atoms with E-state index in [9.17, 15) is 4.39 Å². The van der Waals surface area contributed by atoms with Gasteiger partial charge < -0.3 is 0 Å². The van der Waals surface area contributed by atoms with Crippen LogP contribution in [-0.2, 0) is 6.67 Å². The van der Waals surface area contributed by atoms with Crippen LogP contribution in [0.25, 0.3) is 0 Å². The molecule has 3 heteroatoms. The van der Waals surface area contributed by atoms with Gasteiger partial charge in [-0.25, -0.2) is 4.39 Å². The van der Waals surface area contributed by atoms with Crippen LogP contribution in [0.2, 0.25) is 0 Å². The van der Waals surface area contributed by atoms with Gasteiger partial charge >= 0.3 is 0 Å². The first-order chi connectivity index (χ1) is 5.27. The summed E-state index contributed by atoms with van der Waals surface area (Å²) in [5, 5.41) is 9.42. The summed E-state index contributed by atoms with van der Waals surface area (Å²) >= 11 is 0. The first kappa shape index (κ1) is 8.17. The van der Waals surface area contributed by atoms with Crippen molar-refractivity contribution < 1.29 is 4.39 Å². The number of hydrogen-bond donors (Lipinski definition) is 0. The van der Waals surface area contributed by atoms with Crippen LogP contribution < -0.4 is 5.30 Å². The zero-order valence-electron chi connectivity index (χ0n) is 5.84. The summed E-state index contributed by atoms with van der Waals surface area (Å²) < 4.78 is 12.2. The monoisotopic (exact) mass is 167 g/mol. The molecule has 1 atom stereocenters. The van der Waals surface area contributed by atoms with E-state index in [2.05, 4.69) is 9.24 Å². The predicted molar refractivity (Wildman–Crippen MR) is 45.3 cm³/mol. The fourth-order valence-corrected chi connectivity index (χ4v) is 1.13. The lowest BCUT2D eigenvalue weighted by atomic mass is 10.1. The van der Waals surface area contributed by atoms with Crippen molar-refractivity contribution in [2.45, 2.75) is 6.67 Å². The van der Waals surface area contributed by atoms with Gasteiger partial charge in [0.2, 0.25) is 0 Å². The van der Waals surface area contributed by atoms with Crippen LogP contribution in [0.3, 0.4) is 0 Å². The Morgan fingerprint density at radius 3 is 2.82 bits per heavy atom. The number of rotatable bonds is 1. The molecule has 0 aliphatic carbocycles. The Kier molecular flexibility index (Phi) is 2.57. The first-order valence-corrected chi connectivity index (χ1v) is 3.70. The number of alkyl halides is 1. The molecule has 0 amide bonds. The van der Waals surface area contributed by atoms with Gasteiger partial charge in [-0.2, -0.15) is 5.26 Å². The third kappa shape index (κ3) is 1.76. The van der Waals surface area contributed by atoms with E-state index in [1.165, 1.54) is 0 Å². The SMILES string of the molecule is N#Cc1ccc(P)cc1CF. The van der Waals surface area contributed by atoms with Gasteiger partial charge in [0.15, 0.2) is 0 Å². The van der Waals surface area contributed by atoms with Crippen LogP contribution in [-0.4, -0.2) is 0 Å². The van der Waals surface area contributed by atoms with Gasteiger partial charge in [0, 0.05) is 5.56 Å². The van der Waals surface area contributed by atoms with Crippen molar-refractivity contribution in [3.05, 3.63) is 29.3 Å². The maximum atomic E-state index is 12.2. The fourth-order valence-electron chi connectivity index (χ4n) is 0.833. The molecule has 56 valence electrons. The van der Waals surface area contributed by atoms with E-state index >= 15 is 0 Å². The molecule has 0 aliphatic heterocycles. The molecule has 1 rings (SSSR count). The van der Waals surface area contributed by atoms with Crippen molar-refractivity contribution in [2.24, 2.45) is 0 Å². The molecule has 0 radical (unpaired) electrons. The summed E-state index contributed by atoms with van der Waals surface area (Å²) in [5.41, 5.74) is 0.874. The molecular weight excluding hydrogens is 160 g/mol. The number of nitrogens with zero attached hydrogens (tertiary/aromatic N) is 1. The molecule has 0 saturated carbocycles. The average molecular weight is 167 g/mol. The highest BCUT2D eigenvalue weighted by atomic mass is 31.0. The Balaban J connectivity index is 3.19. The predicted octanol–water partition coefficient (Wildman–Crippen LogP) is 1.53. The zero-order valence-corrected chi connectivity index (χ0v) is 7.00. The second-order valence-electron chi connectivity index (χ2n) is 2.16. The smallest absolute Gasteiger partial charge is 0.116 e. The van der Waals surface area contributed by atoms with Crippen molar-refractivity contribution in [3.8, 4) is 6.07 Å². The summed E-state index contributed by atoms with van der Waals surface area (Å²) in [4.78, 5) is 0. The summed E-state index contributed by atoms with van der Waals surface area (Å²) in [6.45, 7) is -0.578. The molecule has 0 heterocycles. The van der Waals surface area contributed by atoms with Gasteiger partial charge in [-0.3, -0.25) is 0 Å². The van der Waals surface area contributed by atoms with E-state index in [0.29, 0.717) is 11.1 Å². The number of hydrogen-bond acceptors (Lipinski definition) is 1. The molecule has 0 aromatic heterocycles. The van der Waals surface area contributed by atoms with Crippen LogP contribution in [0.1, 0.15) is 11.1 Å².